The molecule has 1 fully saturated rings. The summed E-state index contributed by atoms with van der Waals surface area (Å²) in [7, 11) is 0. The van der Waals surface area contributed by atoms with Crippen LogP contribution in [0.5, 0.6) is 5.88 Å². The minimum absolute atomic E-state index is 0.0844. The monoisotopic (exact) mass is 375 g/mol. The number of anilines is 1. The topological polar surface area (TPSA) is 64.6 Å². The minimum atomic E-state index is -0.204. The fourth-order valence-electron chi connectivity index (χ4n) is 3.09. The fourth-order valence-corrected chi connectivity index (χ4v) is 3.09. The van der Waals surface area contributed by atoms with Gasteiger partial charge in [0.15, 0.2) is 0 Å². The molecule has 6 heteroatoms. The Morgan fingerprint density at radius 1 is 1.04 bits per heavy atom. The zero-order valence-electron chi connectivity index (χ0n) is 15.4. The Balaban J connectivity index is 1.65. The normalized spacial score (nSPS) is 15.9. The van der Waals surface area contributed by atoms with Crippen molar-refractivity contribution in [2.45, 2.75) is 19.1 Å². The maximum absolute atomic E-state index is 13.5. The highest BCUT2D eigenvalue weighted by Crippen LogP contribution is 2.24. The molecule has 1 unspecified atom stereocenters. The van der Waals surface area contributed by atoms with E-state index < -0.39 is 0 Å². The Kier molecular flexibility index (Phi) is 5.58. The van der Waals surface area contributed by atoms with Crippen molar-refractivity contribution in [3.63, 3.8) is 0 Å². The van der Waals surface area contributed by atoms with Crippen LogP contribution in [-0.2, 0) is 11.3 Å². The lowest BCUT2D eigenvalue weighted by Crippen LogP contribution is -2.32. The van der Waals surface area contributed by atoms with Crippen molar-refractivity contribution in [1.82, 2.24) is 9.97 Å². The Morgan fingerprint density at radius 3 is 2.61 bits per heavy atom. The summed E-state index contributed by atoms with van der Waals surface area (Å²) in [5, 5.41) is 0. The zero-order chi connectivity index (χ0) is 19.2. The quantitative estimate of drug-likeness (QED) is 0.660. The lowest BCUT2D eigenvalue weighted by molar-refractivity contribution is 0.0970. The van der Waals surface area contributed by atoms with Crippen molar-refractivity contribution in [2.75, 3.05) is 18.1 Å². The summed E-state index contributed by atoms with van der Waals surface area (Å²) in [5.74, 6) is 0.705. The number of nitrogens with zero attached hydrogens (tertiary/aromatic N) is 3. The summed E-state index contributed by atoms with van der Waals surface area (Å²) in [5.41, 5.74) is 1.42. The number of hydrogen-bond acceptors (Lipinski definition) is 5. The molecule has 1 amide bonds. The number of carbonyl (C=O) groups is 1. The van der Waals surface area contributed by atoms with Crippen LogP contribution in [0.1, 0.15) is 22.3 Å². The third-order valence-corrected chi connectivity index (χ3v) is 4.52. The second-order valence-electron chi connectivity index (χ2n) is 6.52. The van der Waals surface area contributed by atoms with Gasteiger partial charge in [0.25, 0.3) is 5.91 Å². The molecule has 1 saturated heterocycles. The first kappa shape index (κ1) is 18.1. The average Bonchev–Trinajstić information content (AvgIpc) is 3.26. The minimum Gasteiger partial charge on any atom is -0.471 e. The van der Waals surface area contributed by atoms with Gasteiger partial charge in [-0.1, -0.05) is 36.4 Å². The zero-order valence-corrected chi connectivity index (χ0v) is 15.4. The molecule has 4 rings (SSSR count). The van der Waals surface area contributed by atoms with Crippen molar-refractivity contribution in [1.29, 1.82) is 0 Å². The third kappa shape index (κ3) is 4.18. The van der Waals surface area contributed by atoms with E-state index in [2.05, 4.69) is 9.97 Å². The molecule has 28 heavy (non-hydrogen) atoms. The highest BCUT2D eigenvalue weighted by atomic mass is 16.5. The van der Waals surface area contributed by atoms with Gasteiger partial charge in [0.1, 0.15) is 17.5 Å². The fraction of sp³-hybridized carbons (Fsp3) is 0.227. The van der Waals surface area contributed by atoms with E-state index in [9.17, 15) is 4.79 Å². The summed E-state index contributed by atoms with van der Waals surface area (Å²) < 4.78 is 11.3. The van der Waals surface area contributed by atoms with Crippen molar-refractivity contribution in [3.05, 3.63) is 84.2 Å². The summed E-state index contributed by atoms with van der Waals surface area (Å²) in [4.78, 5) is 23.8. The van der Waals surface area contributed by atoms with Crippen molar-refractivity contribution in [2.24, 2.45) is 0 Å². The van der Waals surface area contributed by atoms with E-state index in [1.807, 2.05) is 48.5 Å². The molecule has 6 nitrogen and oxygen atoms in total. The highest BCUT2D eigenvalue weighted by molar-refractivity contribution is 6.07. The SMILES string of the molecule is O=C(c1cccnc1OC1CCOC1)N(Cc1ccccc1)c1ccccn1. The first-order valence-corrected chi connectivity index (χ1v) is 9.27. The molecule has 1 aliphatic rings. The van der Waals surface area contributed by atoms with Crippen LogP contribution in [0.25, 0.3) is 0 Å². The number of carbonyl (C=O) groups excluding carboxylic acids is 1. The van der Waals surface area contributed by atoms with Crippen LogP contribution < -0.4 is 9.64 Å². The first-order valence-electron chi connectivity index (χ1n) is 9.27. The van der Waals surface area contributed by atoms with Gasteiger partial charge >= 0.3 is 0 Å². The number of aromatic nitrogens is 2. The van der Waals surface area contributed by atoms with Crippen LogP contribution in [-0.4, -0.2) is 35.2 Å². The molecule has 3 heterocycles. The van der Waals surface area contributed by atoms with E-state index in [4.69, 9.17) is 9.47 Å². The number of rotatable bonds is 6. The van der Waals surface area contributed by atoms with Gasteiger partial charge in [-0.3, -0.25) is 9.69 Å². The molecule has 0 radical (unpaired) electrons. The Labute approximate surface area is 163 Å². The molecule has 3 aromatic rings. The van der Waals surface area contributed by atoms with Crippen LogP contribution >= 0.6 is 0 Å². The predicted molar refractivity (Wildman–Crippen MR) is 105 cm³/mol. The molecule has 2 aromatic heterocycles. The summed E-state index contributed by atoms with van der Waals surface area (Å²) in [6, 6.07) is 18.8. The number of ether oxygens (including phenoxy) is 2. The van der Waals surface area contributed by atoms with E-state index in [0.717, 1.165) is 12.0 Å². The number of amides is 1. The summed E-state index contributed by atoms with van der Waals surface area (Å²) >= 11 is 0. The largest absolute Gasteiger partial charge is 0.471 e. The first-order chi connectivity index (χ1) is 13.8. The standard InChI is InChI=1S/C22H21N3O3/c26-22(19-9-6-13-24-21(19)28-18-11-14-27-16-18)25(20-10-4-5-12-23-20)15-17-7-2-1-3-8-17/h1-10,12-13,18H,11,14-16H2. The van der Waals surface area contributed by atoms with Gasteiger partial charge in [0, 0.05) is 18.8 Å². The maximum atomic E-state index is 13.5. The molecule has 0 N–H and O–H groups in total. The third-order valence-electron chi connectivity index (χ3n) is 4.52. The van der Waals surface area contributed by atoms with E-state index >= 15 is 0 Å². The maximum Gasteiger partial charge on any atom is 0.265 e. The van der Waals surface area contributed by atoms with E-state index in [0.29, 0.717) is 37.0 Å². The molecule has 0 saturated carbocycles. The molecular weight excluding hydrogens is 354 g/mol. The summed E-state index contributed by atoms with van der Waals surface area (Å²) in [6.45, 7) is 1.57. The summed E-state index contributed by atoms with van der Waals surface area (Å²) in [6.07, 6.45) is 4.01. The molecule has 142 valence electrons. The molecule has 0 bridgehead atoms. The van der Waals surface area contributed by atoms with Crippen LogP contribution in [0.2, 0.25) is 0 Å². The second kappa shape index (κ2) is 8.63. The van der Waals surface area contributed by atoms with Crippen LogP contribution in [0.3, 0.4) is 0 Å². The van der Waals surface area contributed by atoms with Crippen LogP contribution in [0.15, 0.2) is 73.1 Å². The Bertz CT molecular complexity index is 913. The van der Waals surface area contributed by atoms with Crippen molar-refractivity contribution < 1.29 is 14.3 Å². The van der Waals surface area contributed by atoms with E-state index in [-0.39, 0.29) is 12.0 Å². The molecule has 1 atom stereocenters. The van der Waals surface area contributed by atoms with Gasteiger partial charge in [0.05, 0.1) is 19.8 Å². The average molecular weight is 375 g/mol. The van der Waals surface area contributed by atoms with Gasteiger partial charge in [-0.2, -0.15) is 0 Å². The molecule has 1 aromatic carbocycles. The van der Waals surface area contributed by atoms with Gasteiger partial charge in [-0.25, -0.2) is 9.97 Å². The highest BCUT2D eigenvalue weighted by Gasteiger charge is 2.26. The van der Waals surface area contributed by atoms with E-state index in [1.165, 1.54) is 0 Å². The molecular formula is C22H21N3O3. The van der Waals surface area contributed by atoms with Gasteiger partial charge in [-0.05, 0) is 29.8 Å². The number of hydrogen-bond donors (Lipinski definition) is 0. The molecule has 0 spiro atoms. The van der Waals surface area contributed by atoms with Gasteiger partial charge < -0.3 is 9.47 Å². The predicted octanol–water partition coefficient (Wildman–Crippen LogP) is 3.49. The van der Waals surface area contributed by atoms with Gasteiger partial charge in [-0.15, -0.1) is 0 Å². The van der Waals surface area contributed by atoms with Crippen LogP contribution in [0, 0.1) is 0 Å². The lowest BCUT2D eigenvalue weighted by atomic mass is 10.1. The number of benzene rings is 1. The van der Waals surface area contributed by atoms with E-state index in [1.54, 1.807) is 29.4 Å². The Hall–Kier alpha value is -3.25. The van der Waals surface area contributed by atoms with Crippen molar-refractivity contribution >= 4 is 11.7 Å². The smallest absolute Gasteiger partial charge is 0.265 e. The number of pyridine rings is 2. The van der Waals surface area contributed by atoms with Crippen LogP contribution in [0.4, 0.5) is 5.82 Å². The van der Waals surface area contributed by atoms with Crippen molar-refractivity contribution in [3.8, 4) is 5.88 Å². The molecule has 0 aliphatic carbocycles. The lowest BCUT2D eigenvalue weighted by Gasteiger charge is -2.23. The molecule has 1 aliphatic heterocycles. The Morgan fingerprint density at radius 2 is 1.86 bits per heavy atom. The van der Waals surface area contributed by atoms with Gasteiger partial charge in [0.2, 0.25) is 5.88 Å². The second-order valence-corrected chi connectivity index (χ2v) is 6.52.